The van der Waals surface area contributed by atoms with Gasteiger partial charge in [0.05, 0.1) is 26.0 Å². The average Bonchev–Trinajstić information content (AvgIpc) is 2.39. The molecule has 1 aliphatic rings. The van der Waals surface area contributed by atoms with Gasteiger partial charge in [0.25, 0.3) is 0 Å². The van der Waals surface area contributed by atoms with E-state index in [0.717, 1.165) is 36.3 Å². The summed E-state index contributed by atoms with van der Waals surface area (Å²) in [7, 11) is 1.68. The molecule has 0 saturated carbocycles. The van der Waals surface area contributed by atoms with Gasteiger partial charge < -0.3 is 15.2 Å². The fraction of sp³-hybridized carbons (Fsp3) is 0.429. The van der Waals surface area contributed by atoms with E-state index in [4.69, 9.17) is 15.2 Å². The molecule has 0 aromatic heterocycles. The van der Waals surface area contributed by atoms with E-state index in [1.165, 1.54) is 5.56 Å². The maximum absolute atomic E-state index is 6.27. The van der Waals surface area contributed by atoms with Gasteiger partial charge in [-0.2, -0.15) is 0 Å². The third-order valence-corrected chi connectivity index (χ3v) is 3.09. The van der Waals surface area contributed by atoms with Crippen molar-refractivity contribution in [3.63, 3.8) is 0 Å². The van der Waals surface area contributed by atoms with Crippen molar-refractivity contribution in [1.82, 2.24) is 0 Å². The average molecular weight is 233 g/mol. The van der Waals surface area contributed by atoms with E-state index in [-0.39, 0.29) is 6.04 Å². The van der Waals surface area contributed by atoms with Gasteiger partial charge in [-0.05, 0) is 37.0 Å². The Labute approximate surface area is 102 Å². The molecule has 92 valence electrons. The molecule has 1 aromatic carbocycles. The molecule has 1 aliphatic heterocycles. The predicted molar refractivity (Wildman–Crippen MR) is 67.9 cm³/mol. The second kappa shape index (κ2) is 5.23. The Hall–Kier alpha value is -1.48. The summed E-state index contributed by atoms with van der Waals surface area (Å²) in [6.45, 7) is 2.84. The zero-order valence-electron chi connectivity index (χ0n) is 10.4. The molecule has 3 nitrogen and oxygen atoms in total. The summed E-state index contributed by atoms with van der Waals surface area (Å²) in [5.41, 5.74) is 9.60. The van der Waals surface area contributed by atoms with Crippen LogP contribution in [0.2, 0.25) is 0 Å². The van der Waals surface area contributed by atoms with Gasteiger partial charge in [0.1, 0.15) is 5.75 Å². The number of benzene rings is 1. The standard InChI is InChI=1S/C14H19NO2/c1-10-5-6-12(13(8-10)16-2)14(15)11-4-3-7-17-9-11/h5-6,8-9,14H,3-4,7,15H2,1-2H3. The highest BCUT2D eigenvalue weighted by molar-refractivity contribution is 5.42. The Morgan fingerprint density at radius 1 is 1.41 bits per heavy atom. The van der Waals surface area contributed by atoms with E-state index in [0.29, 0.717) is 0 Å². The first-order chi connectivity index (χ1) is 8.22. The largest absolute Gasteiger partial charge is 0.501 e. The van der Waals surface area contributed by atoms with E-state index in [1.807, 2.05) is 19.1 Å². The molecular formula is C14H19NO2. The van der Waals surface area contributed by atoms with Crippen LogP contribution >= 0.6 is 0 Å². The molecule has 0 aliphatic carbocycles. The van der Waals surface area contributed by atoms with Gasteiger partial charge in [0.15, 0.2) is 0 Å². The number of aryl methyl sites for hydroxylation is 1. The number of hydrogen-bond acceptors (Lipinski definition) is 3. The van der Waals surface area contributed by atoms with Crippen LogP contribution in [0.25, 0.3) is 0 Å². The molecule has 3 heteroatoms. The maximum Gasteiger partial charge on any atom is 0.124 e. The molecule has 2 N–H and O–H groups in total. The summed E-state index contributed by atoms with van der Waals surface area (Å²) in [5, 5.41) is 0. The number of ether oxygens (including phenoxy) is 2. The number of hydrogen-bond donors (Lipinski definition) is 1. The molecule has 1 atom stereocenters. The van der Waals surface area contributed by atoms with Crippen LogP contribution in [-0.4, -0.2) is 13.7 Å². The van der Waals surface area contributed by atoms with E-state index >= 15 is 0 Å². The second-order valence-electron chi connectivity index (χ2n) is 4.39. The predicted octanol–water partition coefficient (Wildman–Crippen LogP) is 2.70. The Morgan fingerprint density at radius 3 is 2.88 bits per heavy atom. The van der Waals surface area contributed by atoms with Crippen molar-refractivity contribution < 1.29 is 9.47 Å². The van der Waals surface area contributed by atoms with Gasteiger partial charge in [-0.25, -0.2) is 0 Å². The molecule has 0 bridgehead atoms. The molecular weight excluding hydrogens is 214 g/mol. The van der Waals surface area contributed by atoms with Gasteiger partial charge in [-0.3, -0.25) is 0 Å². The van der Waals surface area contributed by atoms with E-state index in [2.05, 4.69) is 6.07 Å². The normalized spacial score (nSPS) is 17.0. The number of methoxy groups -OCH3 is 1. The highest BCUT2D eigenvalue weighted by Gasteiger charge is 2.18. The van der Waals surface area contributed by atoms with Crippen LogP contribution in [0.4, 0.5) is 0 Å². The van der Waals surface area contributed by atoms with Gasteiger partial charge in [0.2, 0.25) is 0 Å². The lowest BCUT2D eigenvalue weighted by Gasteiger charge is -2.22. The van der Waals surface area contributed by atoms with Crippen molar-refractivity contribution in [2.24, 2.45) is 5.73 Å². The van der Waals surface area contributed by atoms with Crippen molar-refractivity contribution in [3.8, 4) is 5.75 Å². The van der Waals surface area contributed by atoms with Crippen molar-refractivity contribution in [2.45, 2.75) is 25.8 Å². The maximum atomic E-state index is 6.27. The van der Waals surface area contributed by atoms with Crippen molar-refractivity contribution in [2.75, 3.05) is 13.7 Å². The zero-order chi connectivity index (χ0) is 12.3. The van der Waals surface area contributed by atoms with E-state index in [9.17, 15) is 0 Å². The third kappa shape index (κ3) is 2.61. The first-order valence-electron chi connectivity index (χ1n) is 5.93. The van der Waals surface area contributed by atoms with Crippen LogP contribution in [0, 0.1) is 6.92 Å². The van der Waals surface area contributed by atoms with Crippen LogP contribution in [0.15, 0.2) is 30.0 Å². The topological polar surface area (TPSA) is 44.5 Å². The minimum Gasteiger partial charge on any atom is -0.501 e. The lowest BCUT2D eigenvalue weighted by molar-refractivity contribution is 0.221. The quantitative estimate of drug-likeness (QED) is 0.873. The fourth-order valence-electron chi connectivity index (χ4n) is 2.09. The zero-order valence-corrected chi connectivity index (χ0v) is 10.4. The summed E-state index contributed by atoms with van der Waals surface area (Å²) < 4.78 is 10.7. The Balaban J connectivity index is 2.29. The molecule has 2 rings (SSSR count). The lowest BCUT2D eigenvalue weighted by atomic mass is 9.95. The minimum atomic E-state index is -0.133. The van der Waals surface area contributed by atoms with Gasteiger partial charge in [-0.1, -0.05) is 12.1 Å². The number of rotatable bonds is 3. The van der Waals surface area contributed by atoms with Crippen LogP contribution in [0.3, 0.4) is 0 Å². The monoisotopic (exact) mass is 233 g/mol. The lowest BCUT2D eigenvalue weighted by Crippen LogP contribution is -2.17. The van der Waals surface area contributed by atoms with Crippen molar-refractivity contribution in [3.05, 3.63) is 41.2 Å². The molecule has 1 unspecified atom stereocenters. The Bertz CT molecular complexity index is 426. The first-order valence-corrected chi connectivity index (χ1v) is 5.93. The van der Waals surface area contributed by atoms with Gasteiger partial charge in [0, 0.05) is 5.56 Å². The summed E-state index contributed by atoms with van der Waals surface area (Å²) >= 11 is 0. The molecule has 1 heterocycles. The highest BCUT2D eigenvalue weighted by Crippen LogP contribution is 2.32. The smallest absolute Gasteiger partial charge is 0.124 e. The molecule has 0 amide bonds. The molecule has 0 spiro atoms. The molecule has 0 saturated heterocycles. The Morgan fingerprint density at radius 2 is 2.24 bits per heavy atom. The first kappa shape index (κ1) is 12.0. The van der Waals surface area contributed by atoms with Crippen molar-refractivity contribution >= 4 is 0 Å². The van der Waals surface area contributed by atoms with Crippen LogP contribution < -0.4 is 10.5 Å². The SMILES string of the molecule is COc1cc(C)ccc1C(N)C1=COCCC1. The Kier molecular flexibility index (Phi) is 3.69. The van der Waals surface area contributed by atoms with Crippen LogP contribution in [0.1, 0.15) is 30.0 Å². The second-order valence-corrected chi connectivity index (χ2v) is 4.39. The summed E-state index contributed by atoms with van der Waals surface area (Å²) in [6, 6.07) is 5.97. The highest BCUT2D eigenvalue weighted by atomic mass is 16.5. The fourth-order valence-corrected chi connectivity index (χ4v) is 2.09. The minimum absolute atomic E-state index is 0.133. The summed E-state index contributed by atoms with van der Waals surface area (Å²) in [5.74, 6) is 0.851. The van der Waals surface area contributed by atoms with E-state index in [1.54, 1.807) is 13.4 Å². The molecule has 17 heavy (non-hydrogen) atoms. The van der Waals surface area contributed by atoms with Crippen LogP contribution in [-0.2, 0) is 4.74 Å². The molecule has 0 fully saturated rings. The van der Waals surface area contributed by atoms with Crippen LogP contribution in [0.5, 0.6) is 5.75 Å². The molecule has 1 aromatic rings. The number of nitrogens with two attached hydrogens (primary N) is 1. The van der Waals surface area contributed by atoms with E-state index < -0.39 is 0 Å². The van der Waals surface area contributed by atoms with Gasteiger partial charge >= 0.3 is 0 Å². The summed E-state index contributed by atoms with van der Waals surface area (Å²) in [6.07, 6.45) is 3.83. The molecule has 0 radical (unpaired) electrons. The third-order valence-electron chi connectivity index (χ3n) is 3.09. The van der Waals surface area contributed by atoms with Gasteiger partial charge in [-0.15, -0.1) is 0 Å². The van der Waals surface area contributed by atoms with Crippen molar-refractivity contribution in [1.29, 1.82) is 0 Å². The summed E-state index contributed by atoms with van der Waals surface area (Å²) in [4.78, 5) is 0.